The first-order valence-electron chi connectivity index (χ1n) is 4.73. The molecule has 0 aromatic rings. The molecule has 5 heteroatoms. The third-order valence-corrected chi connectivity index (χ3v) is 2.49. The van der Waals surface area contributed by atoms with Gasteiger partial charge in [0.05, 0.1) is 24.6 Å². The summed E-state index contributed by atoms with van der Waals surface area (Å²) in [5.74, 6) is -0.579. The standard InChI is InChI=1S/C10H16N2O3/c1-10(2,6-11)12-5-7(4-8(12)13)9(14)15-3/h5H,4,6,11H2,1-3H3. The van der Waals surface area contributed by atoms with Crippen LogP contribution in [0.2, 0.25) is 0 Å². The maximum Gasteiger partial charge on any atom is 0.335 e. The summed E-state index contributed by atoms with van der Waals surface area (Å²) in [6.45, 7) is 4.03. The number of esters is 1. The lowest BCUT2D eigenvalue weighted by Gasteiger charge is -2.32. The second-order valence-corrected chi connectivity index (χ2v) is 4.10. The molecular weight excluding hydrogens is 196 g/mol. The summed E-state index contributed by atoms with van der Waals surface area (Å²) < 4.78 is 4.56. The zero-order chi connectivity index (χ0) is 11.6. The summed E-state index contributed by atoms with van der Waals surface area (Å²) in [7, 11) is 1.30. The highest BCUT2D eigenvalue weighted by Gasteiger charge is 2.35. The van der Waals surface area contributed by atoms with Crippen LogP contribution in [0.1, 0.15) is 20.3 Å². The van der Waals surface area contributed by atoms with Crippen molar-refractivity contribution in [3.8, 4) is 0 Å². The van der Waals surface area contributed by atoms with Crippen LogP contribution in [-0.4, -0.2) is 36.0 Å². The molecule has 0 aliphatic carbocycles. The van der Waals surface area contributed by atoms with E-state index in [1.807, 2.05) is 13.8 Å². The topological polar surface area (TPSA) is 72.6 Å². The molecule has 2 N–H and O–H groups in total. The fourth-order valence-electron chi connectivity index (χ4n) is 1.39. The number of carbonyl (C=O) groups is 2. The first-order chi connectivity index (χ1) is 6.92. The van der Waals surface area contributed by atoms with E-state index in [9.17, 15) is 9.59 Å². The average Bonchev–Trinajstić information content (AvgIpc) is 2.60. The van der Waals surface area contributed by atoms with Crippen LogP contribution in [0.25, 0.3) is 0 Å². The van der Waals surface area contributed by atoms with Gasteiger partial charge in [-0.15, -0.1) is 0 Å². The van der Waals surface area contributed by atoms with E-state index < -0.39 is 11.5 Å². The largest absolute Gasteiger partial charge is 0.466 e. The number of nitrogens with zero attached hydrogens (tertiary/aromatic N) is 1. The van der Waals surface area contributed by atoms with Gasteiger partial charge < -0.3 is 15.4 Å². The van der Waals surface area contributed by atoms with Crippen LogP contribution in [0.4, 0.5) is 0 Å². The maximum absolute atomic E-state index is 11.6. The van der Waals surface area contributed by atoms with E-state index in [0.29, 0.717) is 12.1 Å². The summed E-state index contributed by atoms with van der Waals surface area (Å²) in [6.07, 6.45) is 1.62. The van der Waals surface area contributed by atoms with Crippen molar-refractivity contribution in [1.29, 1.82) is 0 Å². The van der Waals surface area contributed by atoms with Gasteiger partial charge >= 0.3 is 5.97 Å². The highest BCUT2D eigenvalue weighted by Crippen LogP contribution is 2.24. The number of nitrogens with two attached hydrogens (primary N) is 1. The highest BCUT2D eigenvalue weighted by atomic mass is 16.5. The highest BCUT2D eigenvalue weighted by molar-refractivity contribution is 5.99. The summed E-state index contributed by atoms with van der Waals surface area (Å²) in [6, 6.07) is 0. The van der Waals surface area contributed by atoms with Crippen LogP contribution in [0.5, 0.6) is 0 Å². The number of ether oxygens (including phenoxy) is 1. The molecular formula is C10H16N2O3. The van der Waals surface area contributed by atoms with Crippen molar-refractivity contribution in [2.75, 3.05) is 13.7 Å². The van der Waals surface area contributed by atoms with Gasteiger partial charge in [0.2, 0.25) is 5.91 Å². The lowest BCUT2D eigenvalue weighted by atomic mass is 10.0. The zero-order valence-corrected chi connectivity index (χ0v) is 9.24. The first kappa shape index (κ1) is 11.7. The molecule has 0 spiro atoms. The molecule has 0 atom stereocenters. The Morgan fingerprint density at radius 1 is 1.67 bits per heavy atom. The number of methoxy groups -OCH3 is 1. The minimum absolute atomic E-state index is 0.0934. The normalized spacial score (nSPS) is 16.7. The van der Waals surface area contributed by atoms with E-state index in [1.165, 1.54) is 18.2 Å². The molecule has 0 unspecified atom stereocenters. The molecule has 0 fully saturated rings. The minimum atomic E-state index is -0.465. The Morgan fingerprint density at radius 2 is 2.27 bits per heavy atom. The van der Waals surface area contributed by atoms with E-state index in [0.717, 1.165) is 0 Å². The van der Waals surface area contributed by atoms with E-state index in [2.05, 4.69) is 4.74 Å². The molecule has 1 aliphatic rings. The Hall–Kier alpha value is -1.36. The monoisotopic (exact) mass is 212 g/mol. The van der Waals surface area contributed by atoms with Crippen molar-refractivity contribution in [1.82, 2.24) is 4.90 Å². The van der Waals surface area contributed by atoms with Gasteiger partial charge in [-0.3, -0.25) is 4.79 Å². The maximum atomic E-state index is 11.6. The van der Waals surface area contributed by atoms with Gasteiger partial charge in [-0.2, -0.15) is 0 Å². The zero-order valence-electron chi connectivity index (χ0n) is 9.24. The van der Waals surface area contributed by atoms with Gasteiger partial charge in [-0.1, -0.05) is 0 Å². The van der Waals surface area contributed by atoms with Crippen molar-refractivity contribution in [3.63, 3.8) is 0 Å². The first-order valence-corrected chi connectivity index (χ1v) is 4.73. The van der Waals surface area contributed by atoms with Gasteiger partial charge in [0.1, 0.15) is 0 Å². The molecule has 15 heavy (non-hydrogen) atoms. The van der Waals surface area contributed by atoms with Crippen molar-refractivity contribution >= 4 is 11.9 Å². The van der Waals surface area contributed by atoms with Gasteiger partial charge in [0, 0.05) is 12.7 Å². The fourth-order valence-corrected chi connectivity index (χ4v) is 1.39. The smallest absolute Gasteiger partial charge is 0.335 e. The Balaban J connectivity index is 2.90. The third-order valence-electron chi connectivity index (χ3n) is 2.49. The molecule has 0 bridgehead atoms. The number of hydrogen-bond acceptors (Lipinski definition) is 4. The molecule has 5 nitrogen and oxygen atoms in total. The molecule has 0 saturated carbocycles. The van der Waals surface area contributed by atoms with E-state index in [-0.39, 0.29) is 12.3 Å². The van der Waals surface area contributed by atoms with Gasteiger partial charge in [-0.25, -0.2) is 4.79 Å². The molecule has 0 saturated heterocycles. The Kier molecular flexibility index (Phi) is 3.14. The number of rotatable bonds is 3. The molecule has 1 rings (SSSR count). The summed E-state index contributed by atoms with van der Waals surface area (Å²) in [5.41, 5.74) is 5.48. The van der Waals surface area contributed by atoms with E-state index in [1.54, 1.807) is 0 Å². The van der Waals surface area contributed by atoms with Crippen molar-refractivity contribution in [2.24, 2.45) is 5.73 Å². The number of amides is 1. The summed E-state index contributed by atoms with van der Waals surface area (Å²) in [5, 5.41) is 0. The molecule has 84 valence electrons. The molecule has 0 radical (unpaired) electrons. The average molecular weight is 212 g/mol. The number of carbonyl (C=O) groups excluding carboxylic acids is 2. The second-order valence-electron chi connectivity index (χ2n) is 4.10. The number of hydrogen-bond donors (Lipinski definition) is 1. The lowest BCUT2D eigenvalue weighted by Crippen LogP contribution is -2.47. The molecule has 0 aromatic carbocycles. The fraction of sp³-hybridized carbons (Fsp3) is 0.600. The Bertz CT molecular complexity index is 321. The SMILES string of the molecule is COC(=O)C1=CN(C(C)(C)CN)C(=O)C1. The predicted octanol–water partition coefficient (Wildman–Crippen LogP) is 0.0129. The van der Waals surface area contributed by atoms with Crippen LogP contribution >= 0.6 is 0 Å². The molecule has 0 aromatic heterocycles. The van der Waals surface area contributed by atoms with Crippen LogP contribution < -0.4 is 5.73 Å². The van der Waals surface area contributed by atoms with Crippen LogP contribution in [0.3, 0.4) is 0 Å². The predicted molar refractivity (Wildman–Crippen MR) is 54.7 cm³/mol. The van der Waals surface area contributed by atoms with Crippen molar-refractivity contribution in [2.45, 2.75) is 25.8 Å². The second kappa shape index (κ2) is 4.02. The van der Waals surface area contributed by atoms with E-state index in [4.69, 9.17) is 5.73 Å². The Labute approximate surface area is 88.9 Å². The molecule has 1 heterocycles. The van der Waals surface area contributed by atoms with Gasteiger partial charge in [-0.05, 0) is 13.8 Å². The quantitative estimate of drug-likeness (QED) is 0.669. The van der Waals surface area contributed by atoms with Crippen molar-refractivity contribution in [3.05, 3.63) is 11.8 Å². The van der Waals surface area contributed by atoms with Crippen LogP contribution in [0, 0.1) is 0 Å². The van der Waals surface area contributed by atoms with Crippen LogP contribution in [0.15, 0.2) is 11.8 Å². The van der Waals surface area contributed by atoms with Crippen LogP contribution in [-0.2, 0) is 14.3 Å². The lowest BCUT2D eigenvalue weighted by molar-refractivity contribution is -0.137. The third kappa shape index (κ3) is 2.18. The molecule has 1 amide bonds. The van der Waals surface area contributed by atoms with Crippen molar-refractivity contribution < 1.29 is 14.3 Å². The summed E-state index contributed by atoms with van der Waals surface area (Å²) in [4.78, 5) is 24.3. The minimum Gasteiger partial charge on any atom is -0.466 e. The van der Waals surface area contributed by atoms with E-state index >= 15 is 0 Å². The Morgan fingerprint density at radius 3 is 2.73 bits per heavy atom. The van der Waals surface area contributed by atoms with Gasteiger partial charge in [0.25, 0.3) is 0 Å². The van der Waals surface area contributed by atoms with Gasteiger partial charge in [0.15, 0.2) is 0 Å². The molecule has 1 aliphatic heterocycles. The summed E-state index contributed by atoms with van der Waals surface area (Å²) >= 11 is 0.